The highest BCUT2D eigenvalue weighted by molar-refractivity contribution is 7.11. The minimum Gasteiger partial charge on any atom is -0.376 e. The first-order chi connectivity index (χ1) is 8.22. The van der Waals surface area contributed by atoms with Crippen LogP contribution in [0.15, 0.2) is 12.1 Å². The van der Waals surface area contributed by atoms with Crippen LogP contribution < -0.4 is 5.32 Å². The van der Waals surface area contributed by atoms with Crippen LogP contribution in [0, 0.1) is 0 Å². The lowest BCUT2D eigenvalue weighted by atomic mass is 10.4. The van der Waals surface area contributed by atoms with Crippen LogP contribution in [0.1, 0.15) is 23.1 Å². The SMILES string of the molecule is CCNCc1ccc(COCCCN(C)C)s1. The summed E-state index contributed by atoms with van der Waals surface area (Å²) in [5, 5.41) is 3.33. The van der Waals surface area contributed by atoms with E-state index in [9.17, 15) is 0 Å². The molecule has 4 heteroatoms. The summed E-state index contributed by atoms with van der Waals surface area (Å²) in [5.74, 6) is 0. The van der Waals surface area contributed by atoms with Gasteiger partial charge in [0.1, 0.15) is 0 Å². The van der Waals surface area contributed by atoms with Crippen LogP contribution in [-0.2, 0) is 17.9 Å². The fourth-order valence-corrected chi connectivity index (χ4v) is 2.42. The van der Waals surface area contributed by atoms with Crippen molar-refractivity contribution in [1.29, 1.82) is 0 Å². The molecule has 1 N–H and O–H groups in total. The van der Waals surface area contributed by atoms with Crippen LogP contribution >= 0.6 is 11.3 Å². The summed E-state index contributed by atoms with van der Waals surface area (Å²) in [7, 11) is 4.18. The molecule has 17 heavy (non-hydrogen) atoms. The minimum atomic E-state index is 0.754. The highest BCUT2D eigenvalue weighted by atomic mass is 32.1. The molecule has 0 amide bonds. The van der Waals surface area contributed by atoms with E-state index < -0.39 is 0 Å². The molecule has 98 valence electrons. The molecular formula is C13H24N2OS. The number of ether oxygens (including phenoxy) is 1. The van der Waals surface area contributed by atoms with Crippen molar-refractivity contribution in [2.45, 2.75) is 26.5 Å². The number of thiophene rings is 1. The van der Waals surface area contributed by atoms with Crippen molar-refractivity contribution in [2.75, 3.05) is 33.8 Å². The minimum absolute atomic E-state index is 0.754. The molecule has 0 aliphatic carbocycles. The van der Waals surface area contributed by atoms with Gasteiger partial charge in [0.2, 0.25) is 0 Å². The van der Waals surface area contributed by atoms with Crippen LogP contribution in [-0.4, -0.2) is 38.7 Å². The summed E-state index contributed by atoms with van der Waals surface area (Å²) in [6.07, 6.45) is 1.10. The molecule has 1 aromatic heterocycles. The highest BCUT2D eigenvalue weighted by Gasteiger charge is 2.00. The monoisotopic (exact) mass is 256 g/mol. The van der Waals surface area contributed by atoms with Gasteiger partial charge in [-0.1, -0.05) is 6.92 Å². The summed E-state index contributed by atoms with van der Waals surface area (Å²) < 4.78 is 5.65. The van der Waals surface area contributed by atoms with Gasteiger partial charge < -0.3 is 15.0 Å². The lowest BCUT2D eigenvalue weighted by Crippen LogP contribution is -2.14. The van der Waals surface area contributed by atoms with E-state index in [0.717, 1.165) is 39.3 Å². The number of nitrogens with zero attached hydrogens (tertiary/aromatic N) is 1. The van der Waals surface area contributed by atoms with Crippen LogP contribution in [0.4, 0.5) is 0 Å². The van der Waals surface area contributed by atoms with Crippen molar-refractivity contribution in [3.63, 3.8) is 0 Å². The maximum absolute atomic E-state index is 5.65. The van der Waals surface area contributed by atoms with Gasteiger partial charge in [0.05, 0.1) is 6.61 Å². The number of hydrogen-bond acceptors (Lipinski definition) is 4. The van der Waals surface area contributed by atoms with E-state index in [1.54, 1.807) is 0 Å². The normalized spacial score (nSPS) is 11.3. The Morgan fingerprint density at radius 1 is 1.29 bits per heavy atom. The quantitative estimate of drug-likeness (QED) is 0.686. The third-order valence-electron chi connectivity index (χ3n) is 2.40. The van der Waals surface area contributed by atoms with Crippen molar-refractivity contribution in [1.82, 2.24) is 10.2 Å². The summed E-state index contributed by atoms with van der Waals surface area (Å²) in [5.41, 5.74) is 0. The average Bonchev–Trinajstić information content (AvgIpc) is 2.73. The molecule has 0 aliphatic heterocycles. The summed E-state index contributed by atoms with van der Waals surface area (Å²) in [6, 6.07) is 4.36. The smallest absolute Gasteiger partial charge is 0.0809 e. The van der Waals surface area contributed by atoms with Gasteiger partial charge in [-0.15, -0.1) is 11.3 Å². The summed E-state index contributed by atoms with van der Waals surface area (Å²) in [4.78, 5) is 4.89. The molecule has 0 saturated heterocycles. The van der Waals surface area contributed by atoms with Gasteiger partial charge in [0.25, 0.3) is 0 Å². The molecule has 1 rings (SSSR count). The first-order valence-corrected chi connectivity index (χ1v) is 7.04. The van der Waals surface area contributed by atoms with E-state index in [4.69, 9.17) is 4.74 Å². The predicted octanol–water partition coefficient (Wildman–Crippen LogP) is 2.33. The zero-order chi connectivity index (χ0) is 12.5. The Morgan fingerprint density at radius 2 is 2.06 bits per heavy atom. The third kappa shape index (κ3) is 6.78. The summed E-state index contributed by atoms with van der Waals surface area (Å²) in [6.45, 7) is 6.82. The molecule has 0 aromatic carbocycles. The first kappa shape index (κ1) is 14.6. The fourth-order valence-electron chi connectivity index (χ4n) is 1.50. The van der Waals surface area contributed by atoms with E-state index in [0.29, 0.717) is 0 Å². The standard InChI is InChI=1S/C13H24N2OS/c1-4-14-10-12-6-7-13(17-12)11-16-9-5-8-15(2)3/h6-7,14H,4-5,8-11H2,1-3H3. The van der Waals surface area contributed by atoms with Crippen molar-refractivity contribution < 1.29 is 4.74 Å². The van der Waals surface area contributed by atoms with Gasteiger partial charge in [-0.25, -0.2) is 0 Å². The molecule has 0 bridgehead atoms. The lowest BCUT2D eigenvalue weighted by molar-refractivity contribution is 0.115. The fraction of sp³-hybridized carbons (Fsp3) is 0.692. The zero-order valence-electron chi connectivity index (χ0n) is 11.2. The van der Waals surface area contributed by atoms with Gasteiger partial charge >= 0.3 is 0 Å². The largest absolute Gasteiger partial charge is 0.376 e. The highest BCUT2D eigenvalue weighted by Crippen LogP contribution is 2.17. The van der Waals surface area contributed by atoms with Crippen LogP contribution in [0.25, 0.3) is 0 Å². The molecule has 0 fully saturated rings. The first-order valence-electron chi connectivity index (χ1n) is 6.23. The van der Waals surface area contributed by atoms with Crippen molar-refractivity contribution in [3.8, 4) is 0 Å². The number of rotatable bonds is 9. The van der Waals surface area contributed by atoms with E-state index in [1.165, 1.54) is 9.75 Å². The Morgan fingerprint density at radius 3 is 2.76 bits per heavy atom. The van der Waals surface area contributed by atoms with Gasteiger partial charge in [0.15, 0.2) is 0 Å². The number of hydrogen-bond donors (Lipinski definition) is 1. The van der Waals surface area contributed by atoms with E-state index in [1.807, 2.05) is 11.3 Å². The molecule has 0 atom stereocenters. The van der Waals surface area contributed by atoms with Crippen LogP contribution in [0.5, 0.6) is 0 Å². The maximum Gasteiger partial charge on any atom is 0.0809 e. The van der Waals surface area contributed by atoms with E-state index in [2.05, 4.69) is 43.4 Å². The molecule has 3 nitrogen and oxygen atoms in total. The molecule has 1 aromatic rings. The van der Waals surface area contributed by atoms with E-state index in [-0.39, 0.29) is 0 Å². The Bertz CT molecular complexity index is 299. The topological polar surface area (TPSA) is 24.5 Å². The Hall–Kier alpha value is -0.420. The molecule has 0 aliphatic rings. The Kier molecular flexibility index (Phi) is 7.44. The Balaban J connectivity index is 2.12. The zero-order valence-corrected chi connectivity index (χ0v) is 12.0. The summed E-state index contributed by atoms with van der Waals surface area (Å²) >= 11 is 1.84. The average molecular weight is 256 g/mol. The molecule has 0 radical (unpaired) electrons. The van der Waals surface area contributed by atoms with Crippen LogP contribution in [0.2, 0.25) is 0 Å². The number of nitrogens with one attached hydrogen (secondary N) is 1. The molecule has 1 heterocycles. The van der Waals surface area contributed by atoms with Gasteiger partial charge in [-0.3, -0.25) is 0 Å². The lowest BCUT2D eigenvalue weighted by Gasteiger charge is -2.08. The second-order valence-corrected chi connectivity index (χ2v) is 5.61. The maximum atomic E-state index is 5.65. The van der Waals surface area contributed by atoms with Crippen molar-refractivity contribution in [2.24, 2.45) is 0 Å². The van der Waals surface area contributed by atoms with Gasteiger partial charge in [0, 0.05) is 22.9 Å². The molecule has 0 spiro atoms. The van der Waals surface area contributed by atoms with Crippen LogP contribution in [0.3, 0.4) is 0 Å². The predicted molar refractivity (Wildman–Crippen MR) is 74.5 cm³/mol. The third-order valence-corrected chi connectivity index (χ3v) is 3.46. The van der Waals surface area contributed by atoms with E-state index >= 15 is 0 Å². The molecular weight excluding hydrogens is 232 g/mol. The molecule has 0 unspecified atom stereocenters. The molecule has 0 saturated carbocycles. The second kappa shape index (κ2) is 8.64. The van der Waals surface area contributed by atoms with Gasteiger partial charge in [-0.05, 0) is 45.7 Å². The van der Waals surface area contributed by atoms with Gasteiger partial charge in [-0.2, -0.15) is 0 Å². The Labute approximate surface area is 109 Å². The second-order valence-electron chi connectivity index (χ2n) is 4.36. The van der Waals surface area contributed by atoms with Crippen molar-refractivity contribution in [3.05, 3.63) is 21.9 Å². The van der Waals surface area contributed by atoms with Crippen molar-refractivity contribution >= 4 is 11.3 Å².